The number of carbonyl (C=O) groups is 1. The number of nitrogens with one attached hydrogen (secondary N) is 1. The minimum absolute atomic E-state index is 0.0916. The van der Waals surface area contributed by atoms with Crippen molar-refractivity contribution in [2.45, 2.75) is 32.3 Å². The summed E-state index contributed by atoms with van der Waals surface area (Å²) in [6.07, 6.45) is 0.770. The quantitative estimate of drug-likeness (QED) is 0.309. The fourth-order valence-electron chi connectivity index (χ4n) is 3.23. The predicted octanol–water partition coefficient (Wildman–Crippen LogP) is 5.16. The second-order valence-corrected chi connectivity index (χ2v) is 10.2. The van der Waals surface area contributed by atoms with Gasteiger partial charge in [0.1, 0.15) is 10.8 Å². The van der Waals surface area contributed by atoms with Crippen molar-refractivity contribution in [3.8, 4) is 22.8 Å². The summed E-state index contributed by atoms with van der Waals surface area (Å²) < 4.78 is 2.68. The molecule has 0 bridgehead atoms. The number of phenolic OH excluding ortho intramolecular Hbond substituents is 1. The number of nitrogens with zero attached hydrogens (tertiary/aromatic N) is 5. The van der Waals surface area contributed by atoms with Crippen molar-refractivity contribution >= 4 is 50.1 Å². The fraction of sp³-hybridized carbons (Fsp3) is 0.227. The molecule has 0 radical (unpaired) electrons. The van der Waals surface area contributed by atoms with E-state index in [2.05, 4.69) is 47.7 Å². The third kappa shape index (κ3) is 5.26. The van der Waals surface area contributed by atoms with Gasteiger partial charge in [-0.2, -0.15) is 0 Å². The van der Waals surface area contributed by atoms with Crippen LogP contribution >= 0.6 is 39.0 Å². The first kappa shape index (κ1) is 23.4. The van der Waals surface area contributed by atoms with Crippen molar-refractivity contribution in [2.75, 3.05) is 11.1 Å². The lowest BCUT2D eigenvalue weighted by molar-refractivity contribution is -0.113. The second-order valence-electron chi connectivity index (χ2n) is 7.28. The summed E-state index contributed by atoms with van der Waals surface area (Å²) in [4.78, 5) is 12.5. The number of halogens is 1. The van der Waals surface area contributed by atoms with Crippen LogP contribution in [-0.2, 0) is 11.2 Å². The smallest absolute Gasteiger partial charge is 0.236 e. The Labute approximate surface area is 207 Å². The van der Waals surface area contributed by atoms with Crippen LogP contribution in [0, 0.1) is 13.8 Å². The molecule has 8 nitrogen and oxygen atoms in total. The monoisotopic (exact) mass is 544 g/mol. The Morgan fingerprint density at radius 1 is 1.15 bits per heavy atom. The van der Waals surface area contributed by atoms with E-state index in [1.807, 2.05) is 37.5 Å². The molecule has 0 saturated heterocycles. The summed E-state index contributed by atoms with van der Waals surface area (Å²) in [6, 6.07) is 11.2. The van der Waals surface area contributed by atoms with Crippen molar-refractivity contribution in [1.29, 1.82) is 0 Å². The number of hydrogen-bond donors (Lipinski definition) is 2. The molecule has 2 aromatic carbocycles. The number of carbonyl (C=O) groups excluding carboxylic acids is 1. The zero-order chi connectivity index (χ0) is 23.5. The van der Waals surface area contributed by atoms with Gasteiger partial charge < -0.3 is 5.11 Å². The average Bonchev–Trinajstić information content (AvgIpc) is 3.41. The number of thioether (sulfide) groups is 1. The van der Waals surface area contributed by atoms with Crippen LogP contribution in [0.1, 0.15) is 23.1 Å². The zero-order valence-electron chi connectivity index (χ0n) is 18.2. The molecule has 0 fully saturated rings. The van der Waals surface area contributed by atoms with Crippen LogP contribution in [0.25, 0.3) is 17.1 Å². The Kier molecular flexibility index (Phi) is 7.11. The van der Waals surface area contributed by atoms with Gasteiger partial charge in [0.25, 0.3) is 0 Å². The molecular formula is C22H21BrN6O2S2. The van der Waals surface area contributed by atoms with Crippen molar-refractivity contribution in [3.63, 3.8) is 0 Å². The van der Waals surface area contributed by atoms with Gasteiger partial charge >= 0.3 is 0 Å². The van der Waals surface area contributed by atoms with E-state index in [-0.39, 0.29) is 17.4 Å². The number of amides is 1. The Hall–Kier alpha value is -2.76. The van der Waals surface area contributed by atoms with E-state index < -0.39 is 0 Å². The summed E-state index contributed by atoms with van der Waals surface area (Å²) in [5, 5.41) is 31.9. The first-order valence-corrected chi connectivity index (χ1v) is 12.7. The number of aryl methyl sites for hydroxylation is 3. The van der Waals surface area contributed by atoms with E-state index in [1.54, 1.807) is 18.2 Å². The van der Waals surface area contributed by atoms with Crippen LogP contribution in [0.4, 0.5) is 5.13 Å². The second kappa shape index (κ2) is 10.0. The van der Waals surface area contributed by atoms with Gasteiger partial charge in [-0.25, -0.2) is 0 Å². The van der Waals surface area contributed by atoms with E-state index in [4.69, 9.17) is 0 Å². The van der Waals surface area contributed by atoms with Gasteiger partial charge in [0, 0.05) is 4.47 Å². The summed E-state index contributed by atoms with van der Waals surface area (Å²) in [6.45, 7) is 6.03. The first-order chi connectivity index (χ1) is 15.9. The number of benzene rings is 2. The minimum atomic E-state index is -0.208. The van der Waals surface area contributed by atoms with Crippen LogP contribution in [0.2, 0.25) is 0 Å². The van der Waals surface area contributed by atoms with Gasteiger partial charge in [0.2, 0.25) is 11.0 Å². The minimum Gasteiger partial charge on any atom is -0.507 e. The SMILES string of the molecule is CCc1nnc(NC(=O)CSc2nnc(-c3cc(Br)ccc3O)n2-c2ccc(C)cc2C)s1. The van der Waals surface area contributed by atoms with Gasteiger partial charge in [-0.05, 0) is 50.1 Å². The van der Waals surface area contributed by atoms with Crippen molar-refractivity contribution in [3.05, 3.63) is 57.0 Å². The highest BCUT2D eigenvalue weighted by molar-refractivity contribution is 9.10. The number of rotatable bonds is 7. The van der Waals surface area contributed by atoms with Crippen LogP contribution < -0.4 is 5.32 Å². The Morgan fingerprint density at radius 3 is 2.70 bits per heavy atom. The highest BCUT2D eigenvalue weighted by atomic mass is 79.9. The standard InChI is InChI=1S/C22H21BrN6O2S2/c1-4-19-25-27-21(33-19)24-18(31)11-32-22-28-26-20(15-10-14(23)6-8-17(15)30)29(22)16-7-5-12(2)9-13(16)3/h5-10,30H,4,11H2,1-3H3,(H,24,27,31). The van der Waals surface area contributed by atoms with Crippen LogP contribution in [0.5, 0.6) is 5.75 Å². The third-order valence-electron chi connectivity index (χ3n) is 4.77. The highest BCUT2D eigenvalue weighted by Gasteiger charge is 2.21. The molecule has 1 amide bonds. The van der Waals surface area contributed by atoms with Gasteiger partial charge in [-0.1, -0.05) is 63.6 Å². The van der Waals surface area contributed by atoms with Gasteiger partial charge in [-0.15, -0.1) is 20.4 Å². The predicted molar refractivity (Wildman–Crippen MR) is 134 cm³/mol. The van der Waals surface area contributed by atoms with Crippen LogP contribution in [0.15, 0.2) is 46.0 Å². The molecule has 0 unspecified atom stereocenters. The van der Waals surface area contributed by atoms with Crippen LogP contribution in [-0.4, -0.2) is 41.7 Å². The van der Waals surface area contributed by atoms with Gasteiger partial charge in [0.15, 0.2) is 11.0 Å². The lowest BCUT2D eigenvalue weighted by Gasteiger charge is -2.14. The van der Waals surface area contributed by atoms with E-state index >= 15 is 0 Å². The van der Waals surface area contributed by atoms with E-state index in [0.29, 0.717) is 21.7 Å². The average molecular weight is 545 g/mol. The molecule has 0 aliphatic rings. The molecule has 0 atom stereocenters. The summed E-state index contributed by atoms with van der Waals surface area (Å²) in [5.74, 6) is 0.490. The number of aromatic nitrogens is 5. The number of aromatic hydroxyl groups is 1. The summed E-state index contributed by atoms with van der Waals surface area (Å²) in [5.41, 5.74) is 3.57. The largest absolute Gasteiger partial charge is 0.507 e. The molecule has 0 aliphatic heterocycles. The molecule has 0 saturated carbocycles. The van der Waals surface area contributed by atoms with Crippen molar-refractivity contribution in [1.82, 2.24) is 25.0 Å². The summed E-state index contributed by atoms with van der Waals surface area (Å²) >= 11 is 6.08. The molecule has 0 spiro atoms. The van der Waals surface area contributed by atoms with E-state index in [9.17, 15) is 9.90 Å². The molecule has 11 heteroatoms. The van der Waals surface area contributed by atoms with E-state index in [0.717, 1.165) is 32.7 Å². The Bertz CT molecular complexity index is 1320. The number of phenols is 1. The lowest BCUT2D eigenvalue weighted by Crippen LogP contribution is -2.14. The molecule has 33 heavy (non-hydrogen) atoms. The zero-order valence-corrected chi connectivity index (χ0v) is 21.4. The topological polar surface area (TPSA) is 106 Å². The molecule has 2 aromatic heterocycles. The lowest BCUT2D eigenvalue weighted by atomic mass is 10.1. The maximum atomic E-state index is 12.5. The van der Waals surface area contributed by atoms with Gasteiger partial charge in [0.05, 0.1) is 17.0 Å². The molecule has 4 rings (SSSR count). The molecule has 4 aromatic rings. The highest BCUT2D eigenvalue weighted by Crippen LogP contribution is 2.35. The maximum Gasteiger partial charge on any atom is 0.236 e. The summed E-state index contributed by atoms with van der Waals surface area (Å²) in [7, 11) is 0. The normalized spacial score (nSPS) is 11.0. The van der Waals surface area contributed by atoms with Gasteiger partial charge in [-0.3, -0.25) is 14.7 Å². The van der Waals surface area contributed by atoms with E-state index in [1.165, 1.54) is 23.1 Å². The number of hydrogen-bond acceptors (Lipinski definition) is 8. The first-order valence-electron chi connectivity index (χ1n) is 10.1. The Morgan fingerprint density at radius 2 is 1.97 bits per heavy atom. The molecule has 2 heterocycles. The number of anilines is 1. The third-order valence-corrected chi connectivity index (χ3v) is 7.18. The fourth-order valence-corrected chi connectivity index (χ4v) is 5.03. The Balaban J connectivity index is 1.67. The van der Waals surface area contributed by atoms with Crippen molar-refractivity contribution in [2.24, 2.45) is 0 Å². The maximum absolute atomic E-state index is 12.5. The molecule has 170 valence electrons. The van der Waals surface area contributed by atoms with Crippen LogP contribution in [0.3, 0.4) is 0 Å². The molecular weight excluding hydrogens is 524 g/mol. The van der Waals surface area contributed by atoms with Crippen molar-refractivity contribution < 1.29 is 9.90 Å². The molecule has 0 aliphatic carbocycles. The molecule has 2 N–H and O–H groups in total.